The van der Waals surface area contributed by atoms with Crippen molar-refractivity contribution in [3.05, 3.63) is 29.8 Å². The van der Waals surface area contributed by atoms with Gasteiger partial charge in [0.2, 0.25) is 11.8 Å². The average Bonchev–Trinajstić information content (AvgIpc) is 3.03. The molecule has 29 heavy (non-hydrogen) atoms. The maximum atomic E-state index is 12.8. The maximum absolute atomic E-state index is 12.8. The molecule has 2 saturated heterocycles. The molecule has 2 fully saturated rings. The van der Waals surface area contributed by atoms with Crippen LogP contribution < -0.4 is 5.32 Å². The lowest BCUT2D eigenvalue weighted by atomic mass is 9.95. The number of amides is 2. The van der Waals surface area contributed by atoms with Crippen LogP contribution in [0.15, 0.2) is 24.3 Å². The summed E-state index contributed by atoms with van der Waals surface area (Å²) >= 11 is 0. The molecule has 2 amide bonds. The van der Waals surface area contributed by atoms with E-state index in [0.717, 1.165) is 64.0 Å². The third kappa shape index (κ3) is 6.30. The first kappa shape index (κ1) is 21.8. The first-order valence-electron chi connectivity index (χ1n) is 11.5. The minimum Gasteiger partial charge on any atom is -0.342 e. The second kappa shape index (κ2) is 10.8. The Balaban J connectivity index is 1.41. The second-order valence-corrected chi connectivity index (χ2v) is 8.77. The standard InChI is InChI=1S/C24H37N3O2/c1-3-19(2)20-8-10-22(11-9-20)25-23(28)18-26-16-12-21(13-17-26)24(29)27-14-6-4-5-7-15-27/h8-11,19,21H,3-7,12-18H2,1-2H3,(H,25,28)/t19-/m1/s1. The molecule has 0 radical (unpaired) electrons. The number of hydrogen-bond acceptors (Lipinski definition) is 3. The summed E-state index contributed by atoms with van der Waals surface area (Å²) in [6, 6.07) is 8.18. The lowest BCUT2D eigenvalue weighted by molar-refractivity contribution is -0.137. The van der Waals surface area contributed by atoms with Gasteiger partial charge in [-0.1, -0.05) is 38.8 Å². The molecule has 0 bridgehead atoms. The number of nitrogens with one attached hydrogen (secondary N) is 1. The fourth-order valence-corrected chi connectivity index (χ4v) is 4.42. The third-order valence-corrected chi connectivity index (χ3v) is 6.60. The number of carbonyl (C=O) groups excluding carboxylic acids is 2. The number of likely N-dealkylation sites (tertiary alicyclic amines) is 2. The van der Waals surface area contributed by atoms with Crippen LogP contribution in [0.1, 0.15) is 70.3 Å². The molecule has 160 valence electrons. The Labute approximate surface area is 175 Å². The Bertz CT molecular complexity index is 657. The Morgan fingerprint density at radius 1 is 1.00 bits per heavy atom. The van der Waals surface area contributed by atoms with Crippen LogP contribution in [0.2, 0.25) is 0 Å². The van der Waals surface area contributed by atoms with Gasteiger partial charge in [-0.05, 0) is 68.8 Å². The van der Waals surface area contributed by atoms with Gasteiger partial charge in [0.1, 0.15) is 0 Å². The van der Waals surface area contributed by atoms with E-state index in [1.165, 1.54) is 18.4 Å². The summed E-state index contributed by atoms with van der Waals surface area (Å²) in [7, 11) is 0. The molecule has 0 spiro atoms. The fourth-order valence-electron chi connectivity index (χ4n) is 4.42. The molecule has 2 aliphatic heterocycles. The van der Waals surface area contributed by atoms with Crippen molar-refractivity contribution in [3.63, 3.8) is 0 Å². The molecule has 1 aromatic carbocycles. The van der Waals surface area contributed by atoms with Gasteiger partial charge in [-0.25, -0.2) is 0 Å². The highest BCUT2D eigenvalue weighted by Crippen LogP contribution is 2.23. The Morgan fingerprint density at radius 2 is 1.62 bits per heavy atom. The second-order valence-electron chi connectivity index (χ2n) is 8.77. The van der Waals surface area contributed by atoms with Crippen molar-refractivity contribution in [3.8, 4) is 0 Å². The summed E-state index contributed by atoms with van der Waals surface area (Å²) in [6.45, 7) is 8.31. The van der Waals surface area contributed by atoms with Crippen LogP contribution in [0.3, 0.4) is 0 Å². The van der Waals surface area contributed by atoms with E-state index in [1.807, 2.05) is 12.1 Å². The van der Waals surface area contributed by atoms with Gasteiger partial charge in [0.15, 0.2) is 0 Å². The Hall–Kier alpha value is -1.88. The highest BCUT2D eigenvalue weighted by atomic mass is 16.2. The molecule has 1 atom stereocenters. The fraction of sp³-hybridized carbons (Fsp3) is 0.667. The summed E-state index contributed by atoms with van der Waals surface area (Å²) in [5.41, 5.74) is 2.16. The molecule has 2 aliphatic rings. The minimum absolute atomic E-state index is 0.0265. The van der Waals surface area contributed by atoms with Gasteiger partial charge in [-0.3, -0.25) is 14.5 Å². The first-order valence-corrected chi connectivity index (χ1v) is 11.5. The van der Waals surface area contributed by atoms with E-state index >= 15 is 0 Å². The van der Waals surface area contributed by atoms with Crippen molar-refractivity contribution >= 4 is 17.5 Å². The van der Waals surface area contributed by atoms with Crippen LogP contribution in [-0.4, -0.2) is 54.3 Å². The number of anilines is 1. The SMILES string of the molecule is CC[C@@H](C)c1ccc(NC(=O)CN2CCC(C(=O)N3CCCCCC3)CC2)cc1. The molecule has 5 nitrogen and oxygen atoms in total. The third-order valence-electron chi connectivity index (χ3n) is 6.60. The largest absolute Gasteiger partial charge is 0.342 e. The van der Waals surface area contributed by atoms with Crippen LogP contribution >= 0.6 is 0 Å². The molecule has 2 heterocycles. The van der Waals surface area contributed by atoms with Gasteiger partial charge in [-0.2, -0.15) is 0 Å². The molecule has 5 heteroatoms. The molecular weight excluding hydrogens is 362 g/mol. The van der Waals surface area contributed by atoms with E-state index in [2.05, 4.69) is 41.1 Å². The summed E-state index contributed by atoms with van der Waals surface area (Å²) < 4.78 is 0. The summed E-state index contributed by atoms with van der Waals surface area (Å²) in [6.07, 6.45) is 7.63. The molecule has 1 aromatic rings. The predicted octanol–water partition coefficient (Wildman–Crippen LogP) is 4.25. The zero-order chi connectivity index (χ0) is 20.6. The zero-order valence-electron chi connectivity index (χ0n) is 18.2. The summed E-state index contributed by atoms with van der Waals surface area (Å²) in [4.78, 5) is 29.5. The lowest BCUT2D eigenvalue weighted by Crippen LogP contribution is -2.44. The van der Waals surface area contributed by atoms with Crippen LogP contribution in [-0.2, 0) is 9.59 Å². The smallest absolute Gasteiger partial charge is 0.238 e. The Morgan fingerprint density at radius 3 is 2.21 bits per heavy atom. The lowest BCUT2D eigenvalue weighted by Gasteiger charge is -2.33. The van der Waals surface area contributed by atoms with Crippen LogP contribution in [0.4, 0.5) is 5.69 Å². The normalized spacial score (nSPS) is 20.1. The van der Waals surface area contributed by atoms with Gasteiger partial charge in [0, 0.05) is 24.7 Å². The van der Waals surface area contributed by atoms with Crippen LogP contribution in [0.5, 0.6) is 0 Å². The van der Waals surface area contributed by atoms with Gasteiger partial charge in [0.05, 0.1) is 6.54 Å². The highest BCUT2D eigenvalue weighted by Gasteiger charge is 2.29. The van der Waals surface area contributed by atoms with Crippen molar-refractivity contribution in [2.45, 2.75) is 64.7 Å². The number of hydrogen-bond donors (Lipinski definition) is 1. The van der Waals surface area contributed by atoms with Crippen molar-refractivity contribution < 1.29 is 9.59 Å². The molecule has 3 rings (SSSR count). The molecule has 0 unspecified atom stereocenters. The Kier molecular flexibility index (Phi) is 8.10. The van der Waals surface area contributed by atoms with Crippen LogP contribution in [0, 0.1) is 5.92 Å². The van der Waals surface area contributed by atoms with Crippen molar-refractivity contribution in [1.29, 1.82) is 0 Å². The molecule has 0 aliphatic carbocycles. The maximum Gasteiger partial charge on any atom is 0.238 e. The zero-order valence-corrected chi connectivity index (χ0v) is 18.2. The van der Waals surface area contributed by atoms with E-state index in [9.17, 15) is 9.59 Å². The number of rotatable bonds is 6. The van der Waals surface area contributed by atoms with E-state index < -0.39 is 0 Å². The van der Waals surface area contributed by atoms with Crippen molar-refractivity contribution in [2.24, 2.45) is 5.92 Å². The minimum atomic E-state index is 0.0265. The van der Waals surface area contributed by atoms with E-state index in [4.69, 9.17) is 0 Å². The predicted molar refractivity (Wildman–Crippen MR) is 118 cm³/mol. The van der Waals surface area contributed by atoms with Gasteiger partial charge in [0.25, 0.3) is 0 Å². The topological polar surface area (TPSA) is 52.7 Å². The number of benzene rings is 1. The van der Waals surface area contributed by atoms with Crippen molar-refractivity contribution in [2.75, 3.05) is 38.0 Å². The van der Waals surface area contributed by atoms with E-state index in [-0.39, 0.29) is 11.8 Å². The quantitative estimate of drug-likeness (QED) is 0.778. The van der Waals surface area contributed by atoms with Crippen LogP contribution in [0.25, 0.3) is 0 Å². The number of carbonyl (C=O) groups is 2. The summed E-state index contributed by atoms with van der Waals surface area (Å²) in [5.74, 6) is 1.05. The van der Waals surface area contributed by atoms with Gasteiger partial charge < -0.3 is 10.2 Å². The van der Waals surface area contributed by atoms with Crippen molar-refractivity contribution in [1.82, 2.24) is 9.80 Å². The van der Waals surface area contributed by atoms with Gasteiger partial charge >= 0.3 is 0 Å². The van der Waals surface area contributed by atoms with Gasteiger partial charge in [-0.15, -0.1) is 0 Å². The molecular formula is C24H37N3O2. The highest BCUT2D eigenvalue weighted by molar-refractivity contribution is 5.92. The van der Waals surface area contributed by atoms with E-state index in [1.54, 1.807) is 0 Å². The molecule has 0 aromatic heterocycles. The molecule has 1 N–H and O–H groups in total. The number of piperidine rings is 1. The number of nitrogens with zero attached hydrogens (tertiary/aromatic N) is 2. The monoisotopic (exact) mass is 399 g/mol. The molecule has 0 saturated carbocycles. The van der Waals surface area contributed by atoms with E-state index in [0.29, 0.717) is 18.4 Å². The summed E-state index contributed by atoms with van der Waals surface area (Å²) in [5, 5.41) is 3.01. The first-order chi connectivity index (χ1) is 14.1. The average molecular weight is 400 g/mol.